The van der Waals surface area contributed by atoms with Gasteiger partial charge in [-0.3, -0.25) is 5.32 Å². The van der Waals surface area contributed by atoms with Gasteiger partial charge < -0.3 is 14.2 Å². The van der Waals surface area contributed by atoms with E-state index in [9.17, 15) is 4.79 Å². The highest BCUT2D eigenvalue weighted by Gasteiger charge is 2.14. The van der Waals surface area contributed by atoms with Gasteiger partial charge in [-0.25, -0.2) is 4.79 Å². The lowest BCUT2D eigenvalue weighted by Gasteiger charge is -2.16. The smallest absolute Gasteiger partial charge is 0.411 e. The first kappa shape index (κ1) is 16.9. The van der Waals surface area contributed by atoms with Crippen molar-refractivity contribution in [2.24, 2.45) is 0 Å². The third-order valence-corrected chi connectivity index (χ3v) is 2.48. The van der Waals surface area contributed by atoms with Crippen LogP contribution in [0.15, 0.2) is 18.7 Å². The van der Waals surface area contributed by atoms with Crippen LogP contribution in [0, 0.1) is 0 Å². The lowest BCUT2D eigenvalue weighted by Crippen LogP contribution is -2.18. The molecule has 0 aliphatic heterocycles. The van der Waals surface area contributed by atoms with E-state index in [0.717, 1.165) is 5.56 Å². The molecule has 0 saturated heterocycles. The molecule has 0 heterocycles. The second-order valence-electron chi connectivity index (χ2n) is 4.54. The van der Waals surface area contributed by atoms with Gasteiger partial charge >= 0.3 is 6.09 Å². The molecule has 0 saturated carbocycles. The van der Waals surface area contributed by atoms with Gasteiger partial charge in [0, 0.05) is 17.3 Å². The van der Waals surface area contributed by atoms with E-state index < -0.39 is 6.09 Å². The lowest BCUT2D eigenvalue weighted by molar-refractivity contribution is 0.130. The van der Waals surface area contributed by atoms with Gasteiger partial charge in [-0.1, -0.05) is 12.7 Å². The molecule has 1 aromatic rings. The van der Waals surface area contributed by atoms with Gasteiger partial charge in [0.15, 0.2) is 11.5 Å². The molecule has 1 rings (SSSR count). The minimum atomic E-state index is -0.508. The number of rotatable bonds is 7. The van der Waals surface area contributed by atoms with Crippen molar-refractivity contribution in [1.29, 1.82) is 0 Å². The summed E-state index contributed by atoms with van der Waals surface area (Å²) in [5.74, 6) is 1.19. The van der Waals surface area contributed by atoms with Crippen molar-refractivity contribution in [3.05, 3.63) is 24.3 Å². The molecule has 0 atom stereocenters. The number of amides is 1. The monoisotopic (exact) mass is 293 g/mol. The first-order chi connectivity index (χ1) is 10.0. The van der Waals surface area contributed by atoms with Crippen molar-refractivity contribution >= 4 is 17.9 Å². The predicted octanol–water partition coefficient (Wildman–Crippen LogP) is 4.08. The molecular weight excluding hydrogens is 270 g/mol. The number of ether oxygens (including phenoxy) is 3. The molecule has 0 aliphatic rings. The Morgan fingerprint density at radius 1 is 1.29 bits per heavy atom. The highest BCUT2D eigenvalue weighted by Crippen LogP contribution is 2.36. The van der Waals surface area contributed by atoms with Crippen LogP contribution in [-0.2, 0) is 4.74 Å². The molecular formula is C16H23NO4. The summed E-state index contributed by atoms with van der Waals surface area (Å²) in [7, 11) is 0. The summed E-state index contributed by atoms with van der Waals surface area (Å²) in [5, 5.41) is 2.67. The molecule has 21 heavy (non-hydrogen) atoms. The van der Waals surface area contributed by atoms with Crippen molar-refractivity contribution in [1.82, 2.24) is 0 Å². The maximum atomic E-state index is 11.7. The van der Waals surface area contributed by atoms with Crippen molar-refractivity contribution in [2.45, 2.75) is 33.8 Å². The van der Waals surface area contributed by atoms with E-state index in [-0.39, 0.29) is 6.10 Å². The quantitative estimate of drug-likeness (QED) is 0.823. The fraction of sp³-hybridized carbons (Fsp3) is 0.438. The molecule has 1 N–H and O–H groups in total. The van der Waals surface area contributed by atoms with Crippen LogP contribution < -0.4 is 14.8 Å². The van der Waals surface area contributed by atoms with E-state index in [1.54, 1.807) is 32.1 Å². The summed E-state index contributed by atoms with van der Waals surface area (Å²) in [5.41, 5.74) is 1.32. The normalized spacial score (nSPS) is 10.1. The minimum absolute atomic E-state index is 0.182. The number of nitrogens with one attached hydrogen (secondary N) is 1. The average Bonchev–Trinajstić information content (AvgIpc) is 2.40. The molecule has 0 bridgehead atoms. The van der Waals surface area contributed by atoms with Gasteiger partial charge in [0.2, 0.25) is 0 Å². The standard InChI is InChI=1S/C16H23NO4/c1-6-12-9-13(17-16(18)21-11(4)5)10-14(19-7-2)15(12)20-8-3/h6,9-11H,1,7-8H2,2-5H3,(H,17,18). The Balaban J connectivity index is 3.08. The zero-order valence-electron chi connectivity index (χ0n) is 13.1. The third kappa shape index (κ3) is 5.02. The number of anilines is 1. The zero-order chi connectivity index (χ0) is 15.8. The van der Waals surface area contributed by atoms with Gasteiger partial charge in [0.05, 0.1) is 19.3 Å². The summed E-state index contributed by atoms with van der Waals surface area (Å²) in [6.07, 6.45) is 0.969. The van der Waals surface area contributed by atoms with Crippen molar-refractivity contribution in [3.8, 4) is 11.5 Å². The van der Waals surface area contributed by atoms with E-state index in [2.05, 4.69) is 11.9 Å². The topological polar surface area (TPSA) is 56.8 Å². The summed E-state index contributed by atoms with van der Waals surface area (Å²) in [6.45, 7) is 12.1. The Morgan fingerprint density at radius 2 is 1.95 bits per heavy atom. The summed E-state index contributed by atoms with van der Waals surface area (Å²) < 4.78 is 16.2. The van der Waals surface area contributed by atoms with Crippen LogP contribution in [0.25, 0.3) is 6.08 Å². The van der Waals surface area contributed by atoms with Crippen LogP contribution in [0.1, 0.15) is 33.3 Å². The second kappa shape index (κ2) is 8.19. The molecule has 0 fully saturated rings. The Bertz CT molecular complexity index is 497. The Morgan fingerprint density at radius 3 is 2.48 bits per heavy atom. The van der Waals surface area contributed by atoms with Crippen molar-refractivity contribution in [3.63, 3.8) is 0 Å². The van der Waals surface area contributed by atoms with Gasteiger partial charge in [0.25, 0.3) is 0 Å². The van der Waals surface area contributed by atoms with Crippen LogP contribution in [0.2, 0.25) is 0 Å². The van der Waals surface area contributed by atoms with Gasteiger partial charge in [-0.2, -0.15) is 0 Å². The van der Waals surface area contributed by atoms with E-state index in [0.29, 0.717) is 30.4 Å². The fourth-order valence-corrected chi connectivity index (χ4v) is 1.77. The van der Waals surface area contributed by atoms with E-state index in [1.807, 2.05) is 13.8 Å². The molecule has 1 amide bonds. The molecule has 0 radical (unpaired) electrons. The number of carbonyl (C=O) groups is 1. The summed E-state index contributed by atoms with van der Waals surface area (Å²) in [6, 6.07) is 3.48. The predicted molar refractivity (Wildman–Crippen MR) is 84.1 cm³/mol. The van der Waals surface area contributed by atoms with Crippen LogP contribution >= 0.6 is 0 Å². The molecule has 0 spiro atoms. The number of hydrogen-bond acceptors (Lipinski definition) is 4. The summed E-state index contributed by atoms with van der Waals surface area (Å²) in [4.78, 5) is 11.7. The third-order valence-electron chi connectivity index (χ3n) is 2.48. The molecule has 0 unspecified atom stereocenters. The largest absolute Gasteiger partial charge is 0.490 e. The summed E-state index contributed by atoms with van der Waals surface area (Å²) >= 11 is 0. The van der Waals surface area contributed by atoms with Gasteiger partial charge in [-0.15, -0.1) is 0 Å². The highest BCUT2D eigenvalue weighted by atomic mass is 16.6. The minimum Gasteiger partial charge on any atom is -0.490 e. The Kier molecular flexibility index (Phi) is 6.59. The fourth-order valence-electron chi connectivity index (χ4n) is 1.77. The number of benzene rings is 1. The Labute approximate surface area is 125 Å². The molecule has 5 heteroatoms. The molecule has 0 aliphatic carbocycles. The molecule has 1 aromatic carbocycles. The molecule has 5 nitrogen and oxygen atoms in total. The molecule has 0 aromatic heterocycles. The van der Waals surface area contributed by atoms with Gasteiger partial charge in [0.1, 0.15) is 0 Å². The number of carbonyl (C=O) groups excluding carboxylic acids is 1. The Hall–Kier alpha value is -2.17. The molecule has 116 valence electrons. The first-order valence-corrected chi connectivity index (χ1v) is 7.05. The maximum Gasteiger partial charge on any atom is 0.411 e. The second-order valence-corrected chi connectivity index (χ2v) is 4.54. The maximum absolute atomic E-state index is 11.7. The highest BCUT2D eigenvalue weighted by molar-refractivity contribution is 5.86. The lowest BCUT2D eigenvalue weighted by atomic mass is 10.1. The average molecular weight is 293 g/mol. The number of hydrogen-bond donors (Lipinski definition) is 1. The van der Waals surface area contributed by atoms with E-state index in [4.69, 9.17) is 14.2 Å². The van der Waals surface area contributed by atoms with Gasteiger partial charge in [-0.05, 0) is 33.8 Å². The van der Waals surface area contributed by atoms with Crippen LogP contribution in [-0.4, -0.2) is 25.4 Å². The van der Waals surface area contributed by atoms with Crippen LogP contribution in [0.4, 0.5) is 10.5 Å². The van der Waals surface area contributed by atoms with Crippen LogP contribution in [0.5, 0.6) is 11.5 Å². The van der Waals surface area contributed by atoms with Crippen molar-refractivity contribution in [2.75, 3.05) is 18.5 Å². The van der Waals surface area contributed by atoms with E-state index in [1.165, 1.54) is 0 Å². The van der Waals surface area contributed by atoms with Crippen molar-refractivity contribution < 1.29 is 19.0 Å². The SMILES string of the molecule is C=Cc1cc(NC(=O)OC(C)C)cc(OCC)c1OCC. The van der Waals surface area contributed by atoms with E-state index >= 15 is 0 Å². The van der Waals surface area contributed by atoms with Crippen LogP contribution in [0.3, 0.4) is 0 Å². The first-order valence-electron chi connectivity index (χ1n) is 7.05. The zero-order valence-corrected chi connectivity index (χ0v) is 13.1.